The Morgan fingerprint density at radius 1 is 1.50 bits per heavy atom. The molecule has 0 aromatic carbocycles. The van der Waals surface area contributed by atoms with E-state index in [1.165, 1.54) is 0 Å². The van der Waals surface area contributed by atoms with Gasteiger partial charge in [0.1, 0.15) is 4.48 Å². The molecule has 0 fully saturated rings. The molecule has 0 aromatic heterocycles. The monoisotopic (exact) mass is 354 g/mol. The van der Waals surface area contributed by atoms with Crippen molar-refractivity contribution < 1.29 is 9.90 Å². The summed E-state index contributed by atoms with van der Waals surface area (Å²) >= 11 is 7.66. The largest absolute Gasteiger partial charge is 0.477 e. The summed E-state index contributed by atoms with van der Waals surface area (Å²) in [5.74, 6) is -0.966. The second kappa shape index (κ2) is 3.84. The van der Waals surface area contributed by atoms with Crippen LogP contribution in [-0.4, -0.2) is 11.1 Å². The topological polar surface area (TPSA) is 37.3 Å². The van der Waals surface area contributed by atoms with E-state index in [1.807, 2.05) is 22.6 Å². The maximum atomic E-state index is 10.0. The Labute approximate surface area is 76.7 Å². The minimum absolute atomic E-state index is 0.151. The summed E-state index contributed by atoms with van der Waals surface area (Å²) in [6, 6.07) is 0. The van der Waals surface area contributed by atoms with E-state index in [-0.39, 0.29) is 4.48 Å². The lowest BCUT2D eigenvalue weighted by atomic mass is 10.7. The highest BCUT2D eigenvalue weighted by Crippen LogP contribution is 2.23. The summed E-state index contributed by atoms with van der Waals surface area (Å²) in [6.45, 7) is 0. The fourth-order valence-corrected chi connectivity index (χ4v) is 0.481. The average Bonchev–Trinajstić information content (AvgIpc) is 1.64. The van der Waals surface area contributed by atoms with Gasteiger partial charge in [0.15, 0.2) is 0 Å². The molecule has 0 aromatic rings. The number of carboxylic acids is 1. The van der Waals surface area contributed by atoms with Gasteiger partial charge in [-0.1, -0.05) is 0 Å². The first kappa shape index (κ1) is 8.90. The van der Waals surface area contributed by atoms with Crippen molar-refractivity contribution in [2.75, 3.05) is 0 Å². The number of carboxylic acid groups (broad SMARTS) is 1. The summed E-state index contributed by atoms with van der Waals surface area (Å²) in [6.07, 6.45) is 0. The molecule has 0 saturated carbocycles. The highest BCUT2D eigenvalue weighted by molar-refractivity contribution is 14.1. The van der Waals surface area contributed by atoms with E-state index in [1.54, 1.807) is 0 Å². The van der Waals surface area contributed by atoms with Crippen LogP contribution in [0.2, 0.25) is 0 Å². The van der Waals surface area contributed by atoms with Crippen LogP contribution in [0.15, 0.2) is 6.97 Å². The zero-order valence-corrected chi connectivity index (χ0v) is 8.82. The third-order valence-electron chi connectivity index (χ3n) is 0.354. The number of rotatable bonds is 1. The Kier molecular flexibility index (Phi) is 4.27. The van der Waals surface area contributed by atoms with Crippen LogP contribution in [-0.2, 0) is 4.79 Å². The fourth-order valence-electron chi connectivity index (χ4n) is 0.0808. The summed E-state index contributed by atoms with van der Waals surface area (Å²) in [4.78, 5) is 10.0. The molecule has 0 spiro atoms. The van der Waals surface area contributed by atoms with Gasteiger partial charge in [-0.3, -0.25) is 0 Å². The third-order valence-corrected chi connectivity index (χ3v) is 3.30. The second-order valence-electron chi connectivity index (χ2n) is 0.880. The molecule has 0 aliphatic heterocycles. The number of hydrogen-bond donors (Lipinski definition) is 1. The predicted octanol–water partition coefficient (Wildman–Crippen LogP) is 2.46. The lowest BCUT2D eigenvalue weighted by molar-refractivity contribution is -0.131. The average molecular weight is 356 g/mol. The zero-order valence-electron chi connectivity index (χ0n) is 3.49. The molecule has 0 atom stereocenters. The molecule has 0 aliphatic carbocycles. The van der Waals surface area contributed by atoms with Gasteiger partial charge >= 0.3 is 5.97 Å². The Hall–Kier alpha value is 0.900. The Morgan fingerprint density at radius 2 is 1.88 bits per heavy atom. The maximum Gasteiger partial charge on any atom is 0.344 e. The first-order valence-electron chi connectivity index (χ1n) is 1.49. The molecular formula is C3HBr2IO2. The second-order valence-corrected chi connectivity index (χ2v) is 5.03. The molecule has 8 heavy (non-hydrogen) atoms. The van der Waals surface area contributed by atoms with E-state index in [0.29, 0.717) is 2.49 Å². The van der Waals surface area contributed by atoms with Crippen LogP contribution in [0.25, 0.3) is 0 Å². The molecule has 2 nitrogen and oxygen atoms in total. The molecular weight excluding hydrogens is 355 g/mol. The molecule has 0 unspecified atom stereocenters. The number of halogens is 3. The van der Waals surface area contributed by atoms with Gasteiger partial charge in [0.2, 0.25) is 0 Å². The highest BCUT2D eigenvalue weighted by Gasteiger charge is 2.04. The van der Waals surface area contributed by atoms with Crippen molar-refractivity contribution in [1.29, 1.82) is 0 Å². The van der Waals surface area contributed by atoms with E-state index in [4.69, 9.17) is 5.11 Å². The lowest BCUT2D eigenvalue weighted by Gasteiger charge is -1.86. The highest BCUT2D eigenvalue weighted by atomic mass is 127. The van der Waals surface area contributed by atoms with Crippen LogP contribution in [0.3, 0.4) is 0 Å². The van der Waals surface area contributed by atoms with Crippen molar-refractivity contribution >= 4 is 60.4 Å². The van der Waals surface area contributed by atoms with E-state index < -0.39 is 5.97 Å². The maximum absolute atomic E-state index is 10.0. The van der Waals surface area contributed by atoms with E-state index in [2.05, 4.69) is 31.9 Å². The standard InChI is InChI=1S/C3HBr2IO2/c4-1(2(5)6)3(7)8/h(H,7,8)/b2-1+. The number of carbonyl (C=O) groups is 1. The molecule has 5 heteroatoms. The molecule has 46 valence electrons. The molecule has 0 saturated heterocycles. The summed E-state index contributed by atoms with van der Waals surface area (Å²) in [5.41, 5.74) is 0. The van der Waals surface area contributed by atoms with Crippen molar-refractivity contribution in [3.8, 4) is 0 Å². The molecule has 0 amide bonds. The van der Waals surface area contributed by atoms with Crippen LogP contribution in [0.5, 0.6) is 0 Å². The van der Waals surface area contributed by atoms with Gasteiger partial charge in [0.25, 0.3) is 0 Å². The normalized spacial score (nSPS) is 12.9. The van der Waals surface area contributed by atoms with E-state index >= 15 is 0 Å². The summed E-state index contributed by atoms with van der Waals surface area (Å²) in [7, 11) is 0. The summed E-state index contributed by atoms with van der Waals surface area (Å²) in [5, 5.41) is 8.21. The first-order valence-corrected chi connectivity index (χ1v) is 4.16. The van der Waals surface area contributed by atoms with Gasteiger partial charge in [-0.2, -0.15) is 0 Å². The van der Waals surface area contributed by atoms with Gasteiger partial charge in [-0.25, -0.2) is 4.79 Å². The van der Waals surface area contributed by atoms with Crippen LogP contribution in [0.4, 0.5) is 0 Å². The van der Waals surface area contributed by atoms with Crippen LogP contribution < -0.4 is 0 Å². The fraction of sp³-hybridized carbons (Fsp3) is 0. The number of aliphatic carboxylic acids is 1. The minimum Gasteiger partial charge on any atom is -0.477 e. The molecule has 0 aliphatic rings. The summed E-state index contributed by atoms with van der Waals surface area (Å²) < 4.78 is 0.709. The van der Waals surface area contributed by atoms with Crippen LogP contribution in [0, 0.1) is 0 Å². The van der Waals surface area contributed by atoms with Crippen molar-refractivity contribution in [3.05, 3.63) is 6.97 Å². The van der Waals surface area contributed by atoms with Gasteiger partial charge in [-0.05, 0) is 54.5 Å². The van der Waals surface area contributed by atoms with Gasteiger partial charge in [0.05, 0.1) is 2.49 Å². The van der Waals surface area contributed by atoms with E-state index in [0.717, 1.165) is 0 Å². The first-order chi connectivity index (χ1) is 3.55. The van der Waals surface area contributed by atoms with Crippen molar-refractivity contribution in [3.63, 3.8) is 0 Å². The lowest BCUT2D eigenvalue weighted by Crippen LogP contribution is -1.92. The van der Waals surface area contributed by atoms with Crippen LogP contribution in [0.1, 0.15) is 0 Å². The van der Waals surface area contributed by atoms with Gasteiger partial charge in [-0.15, -0.1) is 0 Å². The van der Waals surface area contributed by atoms with Gasteiger partial charge < -0.3 is 5.11 Å². The van der Waals surface area contributed by atoms with Crippen molar-refractivity contribution in [2.24, 2.45) is 0 Å². The molecule has 0 heterocycles. The molecule has 0 rings (SSSR count). The third kappa shape index (κ3) is 3.03. The Balaban J connectivity index is 4.23. The smallest absolute Gasteiger partial charge is 0.344 e. The minimum atomic E-state index is -0.966. The quantitative estimate of drug-likeness (QED) is 0.579. The van der Waals surface area contributed by atoms with Crippen molar-refractivity contribution in [1.82, 2.24) is 0 Å². The Bertz CT molecular complexity index is 138. The molecule has 1 N–H and O–H groups in total. The molecule has 0 radical (unpaired) electrons. The van der Waals surface area contributed by atoms with Crippen molar-refractivity contribution in [2.45, 2.75) is 0 Å². The number of hydrogen-bond acceptors (Lipinski definition) is 1. The van der Waals surface area contributed by atoms with Gasteiger partial charge in [0, 0.05) is 0 Å². The zero-order chi connectivity index (χ0) is 6.73. The van der Waals surface area contributed by atoms with E-state index in [9.17, 15) is 4.79 Å². The van der Waals surface area contributed by atoms with Crippen LogP contribution >= 0.6 is 54.5 Å². The molecule has 0 bridgehead atoms. The Morgan fingerprint density at radius 3 is 1.88 bits per heavy atom. The predicted molar refractivity (Wildman–Crippen MR) is 46.5 cm³/mol. The SMILES string of the molecule is O=C(O)/C(Br)=C(/Br)I.